The van der Waals surface area contributed by atoms with Gasteiger partial charge in [0.15, 0.2) is 18.0 Å². The lowest BCUT2D eigenvalue weighted by molar-refractivity contribution is -0.165. The molecule has 1 fully saturated rings. The second-order valence-corrected chi connectivity index (χ2v) is 7.52. The lowest BCUT2D eigenvalue weighted by atomic mass is 9.98. The van der Waals surface area contributed by atoms with E-state index < -0.39 is 53.6 Å². The van der Waals surface area contributed by atoms with Crippen molar-refractivity contribution in [1.29, 1.82) is 0 Å². The van der Waals surface area contributed by atoms with E-state index in [-0.39, 0.29) is 12.4 Å². The molecule has 1 unspecified atom stereocenters. The van der Waals surface area contributed by atoms with Crippen LogP contribution in [0, 0.1) is 11.8 Å². The molecule has 0 aliphatic carbocycles. The van der Waals surface area contributed by atoms with E-state index in [9.17, 15) is 14.4 Å². The molecule has 156 valence electrons. The molecule has 0 saturated carbocycles. The number of carbonyl (C=O) groups excluding carboxylic acids is 2. The molecule has 2 N–H and O–H groups in total. The van der Waals surface area contributed by atoms with Crippen molar-refractivity contribution in [3.05, 3.63) is 22.7 Å². The molecular weight excluding hydrogens is 373 g/mol. The lowest BCUT2D eigenvalue weighted by Crippen LogP contribution is -2.46. The van der Waals surface area contributed by atoms with E-state index in [0.717, 1.165) is 11.5 Å². The summed E-state index contributed by atoms with van der Waals surface area (Å²) in [6.07, 6.45) is -2.69. The van der Waals surface area contributed by atoms with Gasteiger partial charge in [0.1, 0.15) is 18.5 Å². The number of anilines is 1. The highest BCUT2D eigenvalue weighted by molar-refractivity contribution is 5.72. The Morgan fingerprint density at radius 2 is 1.93 bits per heavy atom. The van der Waals surface area contributed by atoms with Crippen LogP contribution in [0.15, 0.2) is 17.1 Å². The van der Waals surface area contributed by atoms with Gasteiger partial charge in [-0.1, -0.05) is 27.7 Å². The Morgan fingerprint density at radius 3 is 2.46 bits per heavy atom. The van der Waals surface area contributed by atoms with Crippen LogP contribution in [0.1, 0.15) is 40.8 Å². The lowest BCUT2D eigenvalue weighted by Gasteiger charge is -2.28. The van der Waals surface area contributed by atoms with Gasteiger partial charge in [0, 0.05) is 6.20 Å². The summed E-state index contributed by atoms with van der Waals surface area (Å²) < 4.78 is 32.7. The van der Waals surface area contributed by atoms with Gasteiger partial charge in [-0.25, -0.2) is 9.18 Å². The van der Waals surface area contributed by atoms with Crippen LogP contribution in [-0.2, 0) is 23.8 Å². The average molecular weight is 399 g/mol. The van der Waals surface area contributed by atoms with Crippen LogP contribution in [0.2, 0.25) is 0 Å². The van der Waals surface area contributed by atoms with Crippen molar-refractivity contribution in [3.63, 3.8) is 0 Å². The quantitative estimate of drug-likeness (QED) is 0.709. The molecule has 0 radical (unpaired) electrons. The fourth-order valence-electron chi connectivity index (χ4n) is 2.73. The highest BCUT2D eigenvalue weighted by atomic mass is 19.1. The zero-order chi connectivity index (χ0) is 21.2. The van der Waals surface area contributed by atoms with Gasteiger partial charge in [-0.05, 0) is 13.0 Å². The van der Waals surface area contributed by atoms with Gasteiger partial charge < -0.3 is 19.9 Å². The molecule has 1 aromatic heterocycles. The van der Waals surface area contributed by atoms with E-state index in [4.69, 9.17) is 19.9 Å². The van der Waals surface area contributed by atoms with Crippen molar-refractivity contribution in [1.82, 2.24) is 9.55 Å². The van der Waals surface area contributed by atoms with Crippen LogP contribution < -0.4 is 11.4 Å². The third-order valence-electron chi connectivity index (χ3n) is 4.36. The molecule has 0 amide bonds. The van der Waals surface area contributed by atoms with E-state index in [2.05, 4.69) is 4.98 Å². The molecule has 0 aromatic carbocycles. The Labute approximate surface area is 162 Å². The van der Waals surface area contributed by atoms with E-state index in [1.807, 2.05) is 0 Å². The van der Waals surface area contributed by atoms with Gasteiger partial charge >= 0.3 is 17.6 Å². The Bertz CT molecular complexity index is 792. The second-order valence-electron chi connectivity index (χ2n) is 7.52. The highest BCUT2D eigenvalue weighted by Crippen LogP contribution is 2.42. The molecule has 2 rings (SSSR count). The van der Waals surface area contributed by atoms with Crippen LogP contribution in [-0.4, -0.2) is 46.0 Å². The van der Waals surface area contributed by atoms with Crippen molar-refractivity contribution in [2.75, 3.05) is 12.3 Å². The SMILES string of the molecule is CC(C)C(=O)OC[C@H]1OC(n2ccc(N)nc2=O)[C@](C)(F)[C@@H]1OC(=O)C(C)C. The van der Waals surface area contributed by atoms with E-state index in [0.29, 0.717) is 0 Å². The topological polar surface area (TPSA) is 123 Å². The number of hydrogen-bond acceptors (Lipinski definition) is 8. The molecule has 0 spiro atoms. The smallest absolute Gasteiger partial charge is 0.351 e. The first-order valence-electron chi connectivity index (χ1n) is 9.01. The van der Waals surface area contributed by atoms with Crippen LogP contribution in [0.4, 0.5) is 10.2 Å². The molecule has 0 bridgehead atoms. The molecule has 28 heavy (non-hydrogen) atoms. The van der Waals surface area contributed by atoms with E-state index in [1.165, 1.54) is 12.3 Å². The number of aromatic nitrogens is 2. The maximum atomic E-state index is 15.7. The number of nitrogen functional groups attached to an aromatic ring is 1. The van der Waals surface area contributed by atoms with Gasteiger partial charge in [-0.3, -0.25) is 14.2 Å². The summed E-state index contributed by atoms with van der Waals surface area (Å²) in [4.78, 5) is 39.6. The minimum absolute atomic E-state index is 0.0231. The van der Waals surface area contributed by atoms with Crippen molar-refractivity contribution < 1.29 is 28.2 Å². The van der Waals surface area contributed by atoms with Crippen molar-refractivity contribution >= 4 is 17.8 Å². The summed E-state index contributed by atoms with van der Waals surface area (Å²) in [7, 11) is 0. The number of esters is 2. The van der Waals surface area contributed by atoms with E-state index >= 15 is 4.39 Å². The number of rotatable bonds is 6. The number of carbonyl (C=O) groups is 2. The van der Waals surface area contributed by atoms with Crippen LogP contribution >= 0.6 is 0 Å². The third-order valence-corrected chi connectivity index (χ3v) is 4.36. The molecule has 9 nitrogen and oxygen atoms in total. The highest BCUT2D eigenvalue weighted by Gasteiger charge is 2.58. The zero-order valence-electron chi connectivity index (χ0n) is 16.5. The first-order valence-corrected chi connectivity index (χ1v) is 9.01. The van der Waals surface area contributed by atoms with Crippen molar-refractivity contribution in [2.45, 2.75) is 58.7 Å². The molecule has 10 heteroatoms. The van der Waals surface area contributed by atoms with Crippen LogP contribution in [0.25, 0.3) is 0 Å². The number of hydrogen-bond donors (Lipinski definition) is 1. The molecule has 1 saturated heterocycles. The maximum absolute atomic E-state index is 15.7. The van der Waals surface area contributed by atoms with Crippen LogP contribution in [0.3, 0.4) is 0 Å². The monoisotopic (exact) mass is 399 g/mol. The molecule has 1 aliphatic heterocycles. The first-order chi connectivity index (χ1) is 12.9. The Kier molecular flexibility index (Phi) is 6.43. The molecule has 4 atom stereocenters. The number of ether oxygens (including phenoxy) is 3. The summed E-state index contributed by atoms with van der Waals surface area (Å²) in [5.74, 6) is -2.07. The number of alkyl halides is 1. The Morgan fingerprint density at radius 1 is 1.32 bits per heavy atom. The summed E-state index contributed by atoms with van der Waals surface area (Å²) >= 11 is 0. The fourth-order valence-corrected chi connectivity index (χ4v) is 2.73. The second kappa shape index (κ2) is 8.26. The molecule has 2 heterocycles. The molecule has 1 aliphatic rings. The van der Waals surface area contributed by atoms with E-state index in [1.54, 1.807) is 27.7 Å². The standard InChI is InChI=1S/C18H26FN3O6/c1-9(2)14(23)26-8-11-13(28-15(24)10(3)4)18(5,19)16(27-11)22-7-6-12(20)21-17(22)25/h6-7,9-11,13,16H,8H2,1-5H3,(H2,20,21,25)/t11-,13-,16?,18-/m1/s1. The molecule has 1 aromatic rings. The summed E-state index contributed by atoms with van der Waals surface area (Å²) in [5.41, 5.74) is 2.36. The first kappa shape index (κ1) is 21.8. The minimum Gasteiger partial charge on any atom is -0.463 e. The number of halogens is 1. The maximum Gasteiger partial charge on any atom is 0.351 e. The van der Waals surface area contributed by atoms with Crippen molar-refractivity contribution in [2.24, 2.45) is 11.8 Å². The summed E-state index contributed by atoms with van der Waals surface area (Å²) in [5, 5.41) is 0. The third kappa shape index (κ3) is 4.49. The number of nitrogens with two attached hydrogens (primary N) is 1. The van der Waals surface area contributed by atoms with Gasteiger partial charge in [0.05, 0.1) is 11.8 Å². The Hall–Kier alpha value is -2.49. The normalized spacial score (nSPS) is 27.2. The van der Waals surface area contributed by atoms with Gasteiger partial charge in [0.2, 0.25) is 0 Å². The summed E-state index contributed by atoms with van der Waals surface area (Å²) in [6.45, 7) is 7.33. The van der Waals surface area contributed by atoms with Gasteiger partial charge in [-0.15, -0.1) is 0 Å². The Balaban J connectivity index is 2.34. The fraction of sp³-hybridized carbons (Fsp3) is 0.667. The minimum atomic E-state index is -2.29. The van der Waals surface area contributed by atoms with Crippen LogP contribution in [0.5, 0.6) is 0 Å². The zero-order valence-corrected chi connectivity index (χ0v) is 16.5. The average Bonchev–Trinajstić information content (AvgIpc) is 2.83. The summed E-state index contributed by atoms with van der Waals surface area (Å²) in [6, 6.07) is 1.32. The number of nitrogens with zero attached hydrogens (tertiary/aromatic N) is 2. The predicted octanol–water partition coefficient (Wildman–Crippen LogP) is 1.22. The largest absolute Gasteiger partial charge is 0.463 e. The molecular formula is C18H26FN3O6. The van der Waals surface area contributed by atoms with Gasteiger partial charge in [0.25, 0.3) is 0 Å². The van der Waals surface area contributed by atoms with Gasteiger partial charge in [-0.2, -0.15) is 4.98 Å². The predicted molar refractivity (Wildman–Crippen MR) is 96.8 cm³/mol. The van der Waals surface area contributed by atoms with Crippen molar-refractivity contribution in [3.8, 4) is 0 Å².